The fourth-order valence-electron chi connectivity index (χ4n) is 4.16. The molecule has 6 heteroatoms. The van der Waals surface area contributed by atoms with Gasteiger partial charge < -0.3 is 4.90 Å². The number of hydrogen-bond acceptors (Lipinski definition) is 5. The van der Waals surface area contributed by atoms with Crippen LogP contribution < -0.4 is 4.90 Å². The highest BCUT2D eigenvalue weighted by molar-refractivity contribution is 5.79. The van der Waals surface area contributed by atoms with Crippen LogP contribution in [0.3, 0.4) is 0 Å². The zero-order valence-corrected chi connectivity index (χ0v) is 16.6. The molecule has 4 heterocycles. The molecule has 0 amide bonds. The van der Waals surface area contributed by atoms with Gasteiger partial charge in [-0.2, -0.15) is 0 Å². The molecule has 1 aliphatic rings. The normalized spacial score (nSPS) is 15.3. The van der Waals surface area contributed by atoms with Crippen LogP contribution in [-0.4, -0.2) is 38.1 Å². The molecule has 0 bridgehead atoms. The maximum Gasteiger partial charge on any atom is 0.201 e. The molecule has 5 rings (SSSR count). The Balaban J connectivity index is 1.41. The van der Waals surface area contributed by atoms with Crippen molar-refractivity contribution >= 4 is 27.8 Å². The molecule has 0 N–H and O–H groups in total. The van der Waals surface area contributed by atoms with Crippen LogP contribution in [0.4, 0.5) is 5.69 Å². The van der Waals surface area contributed by atoms with Gasteiger partial charge in [0.25, 0.3) is 0 Å². The average Bonchev–Trinajstić information content (AvgIpc) is 3.15. The molecule has 1 aliphatic heterocycles. The summed E-state index contributed by atoms with van der Waals surface area (Å²) in [5.41, 5.74) is 6.27. The predicted molar refractivity (Wildman–Crippen MR) is 116 cm³/mol. The molecule has 1 fully saturated rings. The fraction of sp³-hybridized carbons (Fsp3) is 0.304. The van der Waals surface area contributed by atoms with Gasteiger partial charge in [0.05, 0.1) is 23.9 Å². The van der Waals surface area contributed by atoms with Gasteiger partial charge in [0.1, 0.15) is 5.52 Å². The van der Waals surface area contributed by atoms with E-state index in [4.69, 9.17) is 0 Å². The van der Waals surface area contributed by atoms with Gasteiger partial charge >= 0.3 is 0 Å². The van der Waals surface area contributed by atoms with Crippen LogP contribution >= 0.6 is 0 Å². The summed E-state index contributed by atoms with van der Waals surface area (Å²) in [7, 11) is 0. The van der Waals surface area contributed by atoms with Gasteiger partial charge in [-0.05, 0) is 55.5 Å². The van der Waals surface area contributed by atoms with Crippen molar-refractivity contribution in [3.05, 3.63) is 66.5 Å². The number of hydrogen-bond donors (Lipinski definition) is 0. The SMILES string of the molecule is C=C(C)C1CCN(c2cnc3nnn(Cc4ccc5ncccc5c4)c3c2)CC1. The van der Waals surface area contributed by atoms with Crippen molar-refractivity contribution in [2.75, 3.05) is 18.0 Å². The lowest BCUT2D eigenvalue weighted by Crippen LogP contribution is -2.33. The van der Waals surface area contributed by atoms with Crippen molar-refractivity contribution in [1.82, 2.24) is 25.0 Å². The van der Waals surface area contributed by atoms with E-state index < -0.39 is 0 Å². The Labute approximate surface area is 169 Å². The molecule has 146 valence electrons. The van der Waals surface area contributed by atoms with E-state index in [0.29, 0.717) is 18.1 Å². The van der Waals surface area contributed by atoms with Crippen LogP contribution in [0.15, 0.2) is 60.9 Å². The van der Waals surface area contributed by atoms with E-state index in [1.165, 1.54) is 11.1 Å². The van der Waals surface area contributed by atoms with Gasteiger partial charge in [0.2, 0.25) is 5.65 Å². The molecule has 4 aromatic rings. The maximum atomic E-state index is 4.56. The highest BCUT2D eigenvalue weighted by Gasteiger charge is 2.21. The summed E-state index contributed by atoms with van der Waals surface area (Å²) in [6, 6.07) is 12.5. The highest BCUT2D eigenvalue weighted by atomic mass is 15.4. The van der Waals surface area contributed by atoms with Crippen LogP contribution in [0, 0.1) is 5.92 Å². The molecule has 0 aliphatic carbocycles. The molecule has 1 aromatic carbocycles. The minimum absolute atomic E-state index is 0.637. The minimum Gasteiger partial charge on any atom is -0.370 e. The van der Waals surface area contributed by atoms with Gasteiger partial charge in [0.15, 0.2) is 0 Å². The molecule has 0 unspecified atom stereocenters. The Kier molecular flexibility index (Phi) is 4.46. The van der Waals surface area contributed by atoms with Crippen molar-refractivity contribution in [3.63, 3.8) is 0 Å². The van der Waals surface area contributed by atoms with E-state index in [-0.39, 0.29) is 0 Å². The number of aromatic nitrogens is 5. The number of benzene rings is 1. The van der Waals surface area contributed by atoms with Crippen LogP contribution in [0.1, 0.15) is 25.3 Å². The van der Waals surface area contributed by atoms with Crippen molar-refractivity contribution in [1.29, 1.82) is 0 Å². The minimum atomic E-state index is 0.637. The smallest absolute Gasteiger partial charge is 0.201 e. The summed E-state index contributed by atoms with van der Waals surface area (Å²) in [6.45, 7) is 8.99. The van der Waals surface area contributed by atoms with Gasteiger partial charge in [-0.1, -0.05) is 29.5 Å². The Hall–Kier alpha value is -3.28. The first-order valence-electron chi connectivity index (χ1n) is 10.1. The van der Waals surface area contributed by atoms with Crippen molar-refractivity contribution in [2.45, 2.75) is 26.3 Å². The van der Waals surface area contributed by atoms with E-state index >= 15 is 0 Å². The third kappa shape index (κ3) is 3.46. The first-order valence-corrected chi connectivity index (χ1v) is 10.1. The number of nitrogens with zero attached hydrogens (tertiary/aromatic N) is 6. The summed E-state index contributed by atoms with van der Waals surface area (Å²) in [5.74, 6) is 0.637. The molecular weight excluding hydrogens is 360 g/mol. The van der Waals surface area contributed by atoms with E-state index in [0.717, 1.165) is 48.0 Å². The van der Waals surface area contributed by atoms with Crippen LogP contribution in [0.2, 0.25) is 0 Å². The van der Waals surface area contributed by atoms with Crippen molar-refractivity contribution < 1.29 is 0 Å². The van der Waals surface area contributed by atoms with Crippen LogP contribution in [-0.2, 0) is 6.54 Å². The number of fused-ring (bicyclic) bond motifs is 2. The van der Waals surface area contributed by atoms with Crippen molar-refractivity contribution in [3.8, 4) is 0 Å². The molecule has 3 aromatic heterocycles. The van der Waals surface area contributed by atoms with Crippen LogP contribution in [0.5, 0.6) is 0 Å². The van der Waals surface area contributed by atoms with Crippen molar-refractivity contribution in [2.24, 2.45) is 5.92 Å². The van der Waals surface area contributed by atoms with Gasteiger partial charge in [-0.3, -0.25) is 4.98 Å². The molecule has 0 saturated carbocycles. The molecule has 29 heavy (non-hydrogen) atoms. The summed E-state index contributed by atoms with van der Waals surface area (Å²) in [4.78, 5) is 11.4. The molecule has 0 atom stereocenters. The summed E-state index contributed by atoms with van der Waals surface area (Å²) in [5, 5.41) is 9.74. The lowest BCUT2D eigenvalue weighted by Gasteiger charge is -2.33. The highest BCUT2D eigenvalue weighted by Crippen LogP contribution is 2.28. The molecule has 1 saturated heterocycles. The monoisotopic (exact) mass is 384 g/mol. The largest absolute Gasteiger partial charge is 0.370 e. The van der Waals surface area contributed by atoms with E-state index in [1.54, 1.807) is 0 Å². The van der Waals surface area contributed by atoms with E-state index in [1.807, 2.05) is 23.1 Å². The zero-order valence-electron chi connectivity index (χ0n) is 16.6. The Morgan fingerprint density at radius 1 is 1.14 bits per heavy atom. The summed E-state index contributed by atoms with van der Waals surface area (Å²) >= 11 is 0. The fourth-order valence-corrected chi connectivity index (χ4v) is 4.16. The zero-order chi connectivity index (χ0) is 19.8. The predicted octanol–water partition coefficient (Wildman–Crippen LogP) is 4.22. The number of anilines is 1. The lowest BCUT2D eigenvalue weighted by atomic mass is 9.91. The number of pyridine rings is 2. The molecule has 6 nitrogen and oxygen atoms in total. The average molecular weight is 384 g/mol. The second-order valence-corrected chi connectivity index (χ2v) is 7.92. The maximum absolute atomic E-state index is 4.56. The molecular formula is C23H24N6. The summed E-state index contributed by atoms with van der Waals surface area (Å²) < 4.78 is 1.93. The third-order valence-corrected chi connectivity index (χ3v) is 5.92. The molecule has 0 spiro atoms. The second-order valence-electron chi connectivity index (χ2n) is 7.92. The van der Waals surface area contributed by atoms with Gasteiger partial charge in [-0.25, -0.2) is 9.67 Å². The first kappa shape index (κ1) is 17.8. The number of piperidine rings is 1. The number of rotatable bonds is 4. The quantitative estimate of drug-likeness (QED) is 0.493. The van der Waals surface area contributed by atoms with Crippen LogP contribution in [0.25, 0.3) is 22.1 Å². The second kappa shape index (κ2) is 7.28. The standard InChI is InChI=1S/C23H24N6/c1-16(2)18-7-10-28(11-8-18)20-13-22-23(25-14-20)26-27-29(22)15-17-5-6-21-19(12-17)4-3-9-24-21/h3-6,9,12-14,18H,1,7-8,10-11,15H2,2H3. The Morgan fingerprint density at radius 3 is 2.83 bits per heavy atom. The number of allylic oxidation sites excluding steroid dienone is 1. The summed E-state index contributed by atoms with van der Waals surface area (Å²) in [6.07, 6.45) is 6.04. The Bertz CT molecular complexity index is 1190. The van der Waals surface area contributed by atoms with Gasteiger partial charge in [0, 0.05) is 24.7 Å². The topological polar surface area (TPSA) is 59.7 Å². The Morgan fingerprint density at radius 2 is 2.00 bits per heavy atom. The molecule has 0 radical (unpaired) electrons. The lowest BCUT2D eigenvalue weighted by molar-refractivity contribution is 0.459. The van der Waals surface area contributed by atoms with Gasteiger partial charge in [-0.15, -0.1) is 5.10 Å². The van der Waals surface area contributed by atoms with E-state index in [9.17, 15) is 0 Å². The third-order valence-electron chi connectivity index (χ3n) is 5.92. The first-order chi connectivity index (χ1) is 14.2. The van der Waals surface area contributed by atoms with E-state index in [2.05, 4.69) is 69.0 Å².